The van der Waals surface area contributed by atoms with Crippen molar-refractivity contribution in [2.24, 2.45) is 5.92 Å². The largest absolute Gasteiger partial charge is 0.465 e. The lowest BCUT2D eigenvalue weighted by Crippen LogP contribution is -2.42. The molecular formula is C12H20N2O5. The van der Waals surface area contributed by atoms with Gasteiger partial charge in [-0.05, 0) is 25.7 Å². The normalized spacial score (nSPS) is 24.1. The molecule has 0 aromatic heterocycles. The van der Waals surface area contributed by atoms with Crippen molar-refractivity contribution in [2.45, 2.75) is 32.6 Å². The van der Waals surface area contributed by atoms with Gasteiger partial charge in [-0.25, -0.2) is 14.9 Å². The molecular weight excluding hydrogens is 252 g/mol. The van der Waals surface area contributed by atoms with Gasteiger partial charge in [0.05, 0.1) is 19.1 Å². The van der Waals surface area contributed by atoms with E-state index in [1.54, 1.807) is 6.92 Å². The minimum Gasteiger partial charge on any atom is -0.465 e. The molecule has 1 aliphatic heterocycles. The molecule has 1 unspecified atom stereocenters. The summed E-state index contributed by atoms with van der Waals surface area (Å²) in [6.45, 7) is 2.42. The molecule has 1 saturated heterocycles. The number of rotatable bonds is 0. The second kappa shape index (κ2) is 8.34. The number of imide groups is 1. The lowest BCUT2D eigenvalue weighted by molar-refractivity contribution is -0.147. The fourth-order valence-corrected chi connectivity index (χ4v) is 1.54. The number of alkyl carbamates (subject to hydrolysis) is 1. The first-order valence-electron chi connectivity index (χ1n) is 6.48. The average Bonchev–Trinajstić information content (AvgIpc) is 2.38. The van der Waals surface area contributed by atoms with Gasteiger partial charge in [0.25, 0.3) is 0 Å². The first-order chi connectivity index (χ1) is 9.09. The predicted octanol–water partition coefficient (Wildman–Crippen LogP) is 1.18. The van der Waals surface area contributed by atoms with Crippen molar-refractivity contribution in [3.05, 3.63) is 0 Å². The van der Waals surface area contributed by atoms with Crippen molar-refractivity contribution in [3.8, 4) is 0 Å². The van der Waals surface area contributed by atoms with Crippen LogP contribution in [0.1, 0.15) is 32.6 Å². The van der Waals surface area contributed by atoms with Gasteiger partial charge in [-0.2, -0.15) is 0 Å². The predicted molar refractivity (Wildman–Crippen MR) is 66.5 cm³/mol. The number of hydrogen-bond acceptors (Lipinski definition) is 5. The fraction of sp³-hybridized carbons (Fsp3) is 0.750. The summed E-state index contributed by atoms with van der Waals surface area (Å²) >= 11 is 0. The van der Waals surface area contributed by atoms with Gasteiger partial charge in [0.1, 0.15) is 0 Å². The number of cyclic esters (lactones) is 2. The Labute approximate surface area is 112 Å². The number of nitrogens with one attached hydrogen (secondary N) is 2. The maximum atomic E-state index is 11.5. The van der Waals surface area contributed by atoms with Gasteiger partial charge < -0.3 is 14.8 Å². The molecule has 1 aliphatic rings. The number of esters is 1. The van der Waals surface area contributed by atoms with Crippen LogP contribution in [0.2, 0.25) is 0 Å². The summed E-state index contributed by atoms with van der Waals surface area (Å²) in [6, 6.07) is -0.681. The van der Waals surface area contributed by atoms with E-state index >= 15 is 0 Å². The maximum Gasteiger partial charge on any atom is 0.415 e. The smallest absolute Gasteiger partial charge is 0.415 e. The van der Waals surface area contributed by atoms with Gasteiger partial charge in [0.15, 0.2) is 0 Å². The molecule has 108 valence electrons. The highest BCUT2D eigenvalue weighted by Crippen LogP contribution is 2.03. The van der Waals surface area contributed by atoms with Gasteiger partial charge in [-0.1, -0.05) is 6.92 Å². The number of hydrogen-bond donors (Lipinski definition) is 2. The van der Waals surface area contributed by atoms with E-state index in [1.807, 2.05) is 5.32 Å². The van der Waals surface area contributed by atoms with Crippen LogP contribution >= 0.6 is 0 Å². The summed E-state index contributed by atoms with van der Waals surface area (Å²) in [5, 5.41) is 4.43. The maximum absolute atomic E-state index is 11.5. The van der Waals surface area contributed by atoms with E-state index in [0.29, 0.717) is 6.61 Å². The van der Waals surface area contributed by atoms with Crippen LogP contribution in [-0.2, 0) is 14.3 Å². The minimum atomic E-state index is -0.775. The lowest BCUT2D eigenvalue weighted by atomic mass is 10.2. The lowest BCUT2D eigenvalue weighted by Gasteiger charge is -2.12. The summed E-state index contributed by atoms with van der Waals surface area (Å²) in [6.07, 6.45) is 2.52. The van der Waals surface area contributed by atoms with Crippen molar-refractivity contribution in [1.29, 1.82) is 0 Å². The molecule has 19 heavy (non-hydrogen) atoms. The van der Waals surface area contributed by atoms with Crippen LogP contribution in [0.3, 0.4) is 0 Å². The van der Waals surface area contributed by atoms with E-state index in [1.165, 1.54) is 0 Å². The molecule has 1 atom stereocenters. The Kier molecular flexibility index (Phi) is 6.70. The van der Waals surface area contributed by atoms with Crippen molar-refractivity contribution in [3.63, 3.8) is 0 Å². The summed E-state index contributed by atoms with van der Waals surface area (Å²) in [5.41, 5.74) is 0. The molecule has 0 spiro atoms. The van der Waals surface area contributed by atoms with E-state index in [9.17, 15) is 14.4 Å². The average molecular weight is 272 g/mol. The van der Waals surface area contributed by atoms with E-state index < -0.39 is 18.0 Å². The monoisotopic (exact) mass is 272 g/mol. The van der Waals surface area contributed by atoms with E-state index in [0.717, 1.165) is 25.7 Å². The van der Waals surface area contributed by atoms with Crippen molar-refractivity contribution < 1.29 is 23.9 Å². The Balaban J connectivity index is 2.46. The second-order valence-electron chi connectivity index (χ2n) is 4.45. The minimum absolute atomic E-state index is 0.109. The molecule has 0 radical (unpaired) electrons. The van der Waals surface area contributed by atoms with Crippen LogP contribution in [0.25, 0.3) is 0 Å². The standard InChI is InChI=1S/C12H20N2O5/c1-9-8-13-11(16)14-12(17)19-7-5-3-2-4-6-18-10(9)15/h9H,2-8H2,1H3,(H2,13,14,16,17). The molecule has 0 saturated carbocycles. The summed E-state index contributed by atoms with van der Waals surface area (Å²) < 4.78 is 9.91. The SMILES string of the molecule is CC1CNC(=O)NC(=O)OCCCCCCOC1=O. The number of carbonyl (C=O) groups is 3. The van der Waals surface area contributed by atoms with Gasteiger partial charge in [0.2, 0.25) is 0 Å². The summed E-state index contributed by atoms with van der Waals surface area (Å²) in [7, 11) is 0. The number of ether oxygens (including phenoxy) is 2. The van der Waals surface area contributed by atoms with Crippen molar-refractivity contribution in [2.75, 3.05) is 19.8 Å². The quantitative estimate of drug-likeness (QED) is 0.646. The summed E-state index contributed by atoms with van der Waals surface area (Å²) in [4.78, 5) is 34.0. The fourth-order valence-electron chi connectivity index (χ4n) is 1.54. The zero-order chi connectivity index (χ0) is 14.1. The Morgan fingerprint density at radius 3 is 2.32 bits per heavy atom. The second-order valence-corrected chi connectivity index (χ2v) is 4.45. The summed E-state index contributed by atoms with van der Waals surface area (Å²) in [5.74, 6) is -0.801. The highest BCUT2D eigenvalue weighted by Gasteiger charge is 2.16. The first kappa shape index (κ1) is 15.3. The molecule has 7 nitrogen and oxygen atoms in total. The van der Waals surface area contributed by atoms with Crippen LogP contribution < -0.4 is 10.6 Å². The molecule has 0 aromatic rings. The Morgan fingerprint density at radius 1 is 1.00 bits per heavy atom. The van der Waals surface area contributed by atoms with Crippen LogP contribution in [0, 0.1) is 5.92 Å². The van der Waals surface area contributed by atoms with Crippen LogP contribution in [-0.4, -0.2) is 37.9 Å². The third-order valence-corrected chi connectivity index (χ3v) is 2.70. The zero-order valence-corrected chi connectivity index (χ0v) is 11.1. The van der Waals surface area contributed by atoms with Gasteiger partial charge >= 0.3 is 18.1 Å². The highest BCUT2D eigenvalue weighted by molar-refractivity contribution is 5.90. The van der Waals surface area contributed by atoms with Gasteiger partial charge in [-0.3, -0.25) is 4.79 Å². The molecule has 0 bridgehead atoms. The Hall–Kier alpha value is -1.79. The molecule has 7 heteroatoms. The van der Waals surface area contributed by atoms with Crippen LogP contribution in [0.15, 0.2) is 0 Å². The molecule has 2 N–H and O–H groups in total. The molecule has 0 aromatic carbocycles. The Morgan fingerprint density at radius 2 is 1.63 bits per heavy atom. The van der Waals surface area contributed by atoms with Gasteiger partial charge in [0, 0.05) is 6.54 Å². The molecule has 1 heterocycles. The van der Waals surface area contributed by atoms with Gasteiger partial charge in [-0.15, -0.1) is 0 Å². The number of carbonyl (C=O) groups excluding carboxylic acids is 3. The van der Waals surface area contributed by atoms with E-state index in [2.05, 4.69) is 5.32 Å². The Bertz CT molecular complexity index is 332. The molecule has 3 amide bonds. The van der Waals surface area contributed by atoms with E-state index in [4.69, 9.17) is 9.47 Å². The molecule has 0 aliphatic carbocycles. The van der Waals surface area contributed by atoms with Crippen molar-refractivity contribution >= 4 is 18.1 Å². The third-order valence-electron chi connectivity index (χ3n) is 2.70. The first-order valence-corrected chi connectivity index (χ1v) is 6.48. The van der Waals surface area contributed by atoms with Crippen LogP contribution in [0.4, 0.5) is 9.59 Å². The molecule has 1 fully saturated rings. The number of urea groups is 1. The zero-order valence-electron chi connectivity index (χ0n) is 11.1. The van der Waals surface area contributed by atoms with Crippen molar-refractivity contribution in [1.82, 2.24) is 10.6 Å². The molecule has 1 rings (SSSR count). The van der Waals surface area contributed by atoms with E-state index in [-0.39, 0.29) is 19.1 Å². The topological polar surface area (TPSA) is 93.7 Å². The third kappa shape index (κ3) is 6.64. The van der Waals surface area contributed by atoms with Crippen LogP contribution in [0.5, 0.6) is 0 Å². The highest BCUT2D eigenvalue weighted by atomic mass is 16.5. The number of amides is 3.